The van der Waals surface area contributed by atoms with Crippen molar-refractivity contribution in [1.82, 2.24) is 9.80 Å². The lowest BCUT2D eigenvalue weighted by atomic mass is 10.1. The van der Waals surface area contributed by atoms with Gasteiger partial charge in [0.05, 0.1) is 13.2 Å². The number of hydrogen-bond donors (Lipinski definition) is 1. The van der Waals surface area contributed by atoms with Gasteiger partial charge >= 0.3 is 0 Å². The first kappa shape index (κ1) is 16.3. The molecule has 5 nitrogen and oxygen atoms in total. The molecule has 2 aliphatic heterocycles. The molecule has 1 N–H and O–H groups in total. The standard InChI is InChI=1S/C18H26N2O3/c21-14-15-5-6-17-16(11-15)12-19(9-10-23-17)13-18(22)20-7-3-1-2-4-8-20/h5-6,11,21H,1-4,7-10,12-14H2. The van der Waals surface area contributed by atoms with Gasteiger partial charge in [0.2, 0.25) is 5.91 Å². The first-order chi connectivity index (χ1) is 11.3. The molecule has 23 heavy (non-hydrogen) atoms. The molecule has 1 aromatic carbocycles. The van der Waals surface area contributed by atoms with Crippen molar-refractivity contribution >= 4 is 5.91 Å². The Kier molecular flexibility index (Phi) is 5.51. The van der Waals surface area contributed by atoms with Gasteiger partial charge in [0.25, 0.3) is 0 Å². The Balaban J connectivity index is 1.64. The number of carbonyl (C=O) groups excluding carboxylic acids is 1. The Morgan fingerprint density at radius 1 is 1.13 bits per heavy atom. The van der Waals surface area contributed by atoms with E-state index < -0.39 is 0 Å². The fourth-order valence-corrected chi connectivity index (χ4v) is 3.35. The van der Waals surface area contributed by atoms with E-state index in [0.717, 1.165) is 49.4 Å². The Hall–Kier alpha value is -1.59. The van der Waals surface area contributed by atoms with Gasteiger partial charge in [-0.2, -0.15) is 0 Å². The van der Waals surface area contributed by atoms with Crippen LogP contribution >= 0.6 is 0 Å². The first-order valence-corrected chi connectivity index (χ1v) is 8.62. The predicted octanol–water partition coefficient (Wildman–Crippen LogP) is 1.78. The van der Waals surface area contributed by atoms with Gasteiger partial charge in [0.15, 0.2) is 0 Å². The van der Waals surface area contributed by atoms with Gasteiger partial charge < -0.3 is 14.7 Å². The van der Waals surface area contributed by atoms with Crippen LogP contribution in [0.2, 0.25) is 0 Å². The molecule has 0 saturated carbocycles. The molecule has 0 spiro atoms. The highest BCUT2D eigenvalue weighted by atomic mass is 16.5. The predicted molar refractivity (Wildman–Crippen MR) is 88.2 cm³/mol. The lowest BCUT2D eigenvalue weighted by Gasteiger charge is -2.25. The molecule has 1 saturated heterocycles. The third-order valence-electron chi connectivity index (χ3n) is 4.68. The molecular weight excluding hydrogens is 292 g/mol. The summed E-state index contributed by atoms with van der Waals surface area (Å²) < 4.78 is 5.78. The Morgan fingerprint density at radius 2 is 1.91 bits per heavy atom. The molecule has 1 aromatic rings. The van der Waals surface area contributed by atoms with Gasteiger partial charge in [-0.05, 0) is 30.5 Å². The minimum Gasteiger partial charge on any atom is -0.492 e. The Morgan fingerprint density at radius 3 is 2.65 bits per heavy atom. The minimum atomic E-state index is 0.0278. The zero-order valence-electron chi connectivity index (χ0n) is 13.7. The summed E-state index contributed by atoms with van der Waals surface area (Å²) in [6.07, 6.45) is 4.71. The number of nitrogens with zero attached hydrogens (tertiary/aromatic N) is 2. The largest absolute Gasteiger partial charge is 0.492 e. The summed E-state index contributed by atoms with van der Waals surface area (Å²) in [6, 6.07) is 5.78. The van der Waals surface area contributed by atoms with Crippen molar-refractivity contribution < 1.29 is 14.6 Å². The summed E-state index contributed by atoms with van der Waals surface area (Å²) in [5.74, 6) is 1.10. The SMILES string of the molecule is O=C(CN1CCOc2ccc(CO)cc2C1)N1CCCCCC1. The summed E-state index contributed by atoms with van der Waals surface area (Å²) >= 11 is 0. The minimum absolute atomic E-state index is 0.0278. The average Bonchev–Trinajstić information content (AvgIpc) is 2.94. The van der Waals surface area contributed by atoms with E-state index in [-0.39, 0.29) is 12.5 Å². The molecule has 2 aliphatic rings. The first-order valence-electron chi connectivity index (χ1n) is 8.62. The summed E-state index contributed by atoms with van der Waals surface area (Å²) in [7, 11) is 0. The van der Waals surface area contributed by atoms with Crippen LogP contribution < -0.4 is 4.74 Å². The second-order valence-corrected chi connectivity index (χ2v) is 6.45. The number of rotatable bonds is 3. The molecule has 2 heterocycles. The maximum Gasteiger partial charge on any atom is 0.236 e. The molecule has 3 rings (SSSR count). The number of fused-ring (bicyclic) bond motifs is 1. The number of benzene rings is 1. The van der Waals surface area contributed by atoms with Crippen molar-refractivity contribution in [1.29, 1.82) is 0 Å². The molecule has 1 amide bonds. The number of aliphatic hydroxyl groups excluding tert-OH is 1. The summed E-state index contributed by atoms with van der Waals surface area (Å²) in [6.45, 7) is 4.32. The summed E-state index contributed by atoms with van der Waals surface area (Å²) in [5.41, 5.74) is 1.94. The van der Waals surface area contributed by atoms with Gasteiger partial charge in [-0.25, -0.2) is 0 Å². The second-order valence-electron chi connectivity index (χ2n) is 6.45. The maximum absolute atomic E-state index is 12.6. The number of aliphatic hydroxyl groups is 1. The Bertz CT molecular complexity index is 539. The quantitative estimate of drug-likeness (QED) is 0.923. The van der Waals surface area contributed by atoms with Crippen molar-refractivity contribution in [2.45, 2.75) is 38.8 Å². The van der Waals surface area contributed by atoms with Crippen LogP contribution in [-0.4, -0.2) is 53.6 Å². The van der Waals surface area contributed by atoms with Crippen LogP contribution in [0.4, 0.5) is 0 Å². The number of amides is 1. The molecule has 0 unspecified atom stereocenters. The molecule has 0 bridgehead atoms. The van der Waals surface area contributed by atoms with E-state index >= 15 is 0 Å². The monoisotopic (exact) mass is 318 g/mol. The zero-order chi connectivity index (χ0) is 16.1. The molecule has 5 heteroatoms. The van der Waals surface area contributed by atoms with Crippen molar-refractivity contribution in [3.63, 3.8) is 0 Å². The summed E-state index contributed by atoms with van der Waals surface area (Å²) in [5, 5.41) is 9.30. The number of carbonyl (C=O) groups is 1. The van der Waals surface area contributed by atoms with E-state index in [1.807, 2.05) is 23.1 Å². The molecule has 126 valence electrons. The zero-order valence-corrected chi connectivity index (χ0v) is 13.7. The fraction of sp³-hybridized carbons (Fsp3) is 0.611. The molecule has 1 fully saturated rings. The van der Waals surface area contributed by atoms with Crippen molar-refractivity contribution in [2.24, 2.45) is 0 Å². The van der Waals surface area contributed by atoms with Gasteiger partial charge in [0.1, 0.15) is 12.4 Å². The number of likely N-dealkylation sites (tertiary alicyclic amines) is 1. The number of ether oxygens (including phenoxy) is 1. The van der Waals surface area contributed by atoms with Crippen LogP contribution in [0.25, 0.3) is 0 Å². The van der Waals surface area contributed by atoms with Crippen LogP contribution in [0.5, 0.6) is 5.75 Å². The Labute approximate surface area is 137 Å². The van der Waals surface area contributed by atoms with Gasteiger partial charge in [-0.3, -0.25) is 9.69 Å². The molecular formula is C18H26N2O3. The van der Waals surface area contributed by atoms with Crippen molar-refractivity contribution in [3.8, 4) is 5.75 Å². The average molecular weight is 318 g/mol. The molecule has 0 radical (unpaired) electrons. The van der Waals surface area contributed by atoms with E-state index in [9.17, 15) is 9.90 Å². The second kappa shape index (κ2) is 7.79. The van der Waals surface area contributed by atoms with Crippen LogP contribution in [0, 0.1) is 0 Å². The normalized spacial score (nSPS) is 19.4. The highest BCUT2D eigenvalue weighted by Crippen LogP contribution is 2.24. The molecule has 0 aromatic heterocycles. The number of hydrogen-bond acceptors (Lipinski definition) is 4. The van der Waals surface area contributed by atoms with E-state index in [1.165, 1.54) is 12.8 Å². The third kappa shape index (κ3) is 4.24. The topological polar surface area (TPSA) is 53.0 Å². The van der Waals surface area contributed by atoms with Gasteiger partial charge in [-0.15, -0.1) is 0 Å². The van der Waals surface area contributed by atoms with E-state index in [1.54, 1.807) is 0 Å². The molecule has 0 aliphatic carbocycles. The lowest BCUT2D eigenvalue weighted by molar-refractivity contribution is -0.132. The van der Waals surface area contributed by atoms with Crippen LogP contribution in [0.15, 0.2) is 18.2 Å². The highest BCUT2D eigenvalue weighted by molar-refractivity contribution is 5.78. The maximum atomic E-state index is 12.6. The van der Waals surface area contributed by atoms with E-state index in [4.69, 9.17) is 4.74 Å². The highest BCUT2D eigenvalue weighted by Gasteiger charge is 2.21. The lowest BCUT2D eigenvalue weighted by Crippen LogP contribution is -2.41. The van der Waals surface area contributed by atoms with Crippen LogP contribution in [0.1, 0.15) is 36.8 Å². The van der Waals surface area contributed by atoms with E-state index in [0.29, 0.717) is 19.7 Å². The van der Waals surface area contributed by atoms with Gasteiger partial charge in [-0.1, -0.05) is 18.9 Å². The van der Waals surface area contributed by atoms with Crippen LogP contribution in [0.3, 0.4) is 0 Å². The van der Waals surface area contributed by atoms with Crippen molar-refractivity contribution in [2.75, 3.05) is 32.8 Å². The molecule has 0 atom stereocenters. The fourth-order valence-electron chi connectivity index (χ4n) is 3.35. The van der Waals surface area contributed by atoms with E-state index in [2.05, 4.69) is 4.90 Å². The smallest absolute Gasteiger partial charge is 0.236 e. The van der Waals surface area contributed by atoms with Crippen LogP contribution in [-0.2, 0) is 17.9 Å². The van der Waals surface area contributed by atoms with Crippen molar-refractivity contribution in [3.05, 3.63) is 29.3 Å². The van der Waals surface area contributed by atoms with Gasteiger partial charge in [0, 0.05) is 31.7 Å². The third-order valence-corrected chi connectivity index (χ3v) is 4.68. The summed E-state index contributed by atoms with van der Waals surface area (Å²) in [4.78, 5) is 16.7.